The first kappa shape index (κ1) is 15.7. The smallest absolute Gasteiger partial charge is 0.219 e. The second-order valence-corrected chi connectivity index (χ2v) is 7.33. The number of hydrogen-bond acceptors (Lipinski definition) is 3. The van der Waals surface area contributed by atoms with E-state index in [-0.39, 0.29) is 4.90 Å². The number of alkyl halides is 1. The van der Waals surface area contributed by atoms with Gasteiger partial charge in [0.1, 0.15) is 15.3 Å². The highest BCUT2D eigenvalue weighted by Gasteiger charge is 2.41. The second kappa shape index (κ2) is 5.58. The molecule has 0 fully saturated rings. The summed E-state index contributed by atoms with van der Waals surface area (Å²) in [4.78, 5) is 0.0740. The minimum absolute atomic E-state index is 0.0740. The van der Waals surface area contributed by atoms with Crippen LogP contribution < -0.4 is 0 Å². The summed E-state index contributed by atoms with van der Waals surface area (Å²) in [6, 6.07) is 14.4. The molecule has 5 heteroatoms. The largest absolute Gasteiger partial charge is 0.381 e. The molecule has 3 nitrogen and oxygen atoms in total. The quantitative estimate of drug-likeness (QED) is 0.906. The van der Waals surface area contributed by atoms with Gasteiger partial charge in [0.15, 0.2) is 0 Å². The molecule has 3 atom stereocenters. The van der Waals surface area contributed by atoms with E-state index in [1.807, 2.05) is 6.92 Å². The Balaban J connectivity index is 2.42. The van der Waals surface area contributed by atoms with Crippen LogP contribution in [0.1, 0.15) is 18.1 Å². The maximum absolute atomic E-state index is 14.7. The molecular weight excluding hydrogens is 289 g/mol. The van der Waals surface area contributed by atoms with Gasteiger partial charge in [-0.1, -0.05) is 48.0 Å². The fourth-order valence-electron chi connectivity index (χ4n) is 2.09. The zero-order valence-electron chi connectivity index (χ0n) is 11.9. The zero-order chi connectivity index (χ0) is 15.7. The summed E-state index contributed by atoms with van der Waals surface area (Å²) < 4.78 is 35.1. The van der Waals surface area contributed by atoms with Crippen LogP contribution in [0.2, 0.25) is 0 Å². The van der Waals surface area contributed by atoms with Crippen molar-refractivity contribution in [1.29, 1.82) is 4.78 Å². The van der Waals surface area contributed by atoms with Crippen LogP contribution >= 0.6 is 0 Å². The lowest BCUT2D eigenvalue weighted by Crippen LogP contribution is -2.38. The van der Waals surface area contributed by atoms with Gasteiger partial charge in [-0.15, -0.1) is 0 Å². The predicted octanol–water partition coefficient (Wildman–Crippen LogP) is 3.60. The van der Waals surface area contributed by atoms with Crippen molar-refractivity contribution in [3.63, 3.8) is 0 Å². The van der Waals surface area contributed by atoms with E-state index >= 15 is 0 Å². The van der Waals surface area contributed by atoms with E-state index < -0.39 is 20.8 Å². The summed E-state index contributed by atoms with van der Waals surface area (Å²) >= 11 is 0. The average molecular weight is 307 g/mol. The van der Waals surface area contributed by atoms with E-state index in [1.165, 1.54) is 19.1 Å². The van der Waals surface area contributed by atoms with Crippen molar-refractivity contribution >= 4 is 9.73 Å². The van der Waals surface area contributed by atoms with E-state index in [0.29, 0.717) is 5.56 Å². The highest BCUT2D eigenvalue weighted by molar-refractivity contribution is 7.93. The van der Waals surface area contributed by atoms with Crippen LogP contribution in [0.15, 0.2) is 59.5 Å². The van der Waals surface area contributed by atoms with E-state index in [0.717, 1.165) is 5.56 Å². The van der Waals surface area contributed by atoms with Crippen LogP contribution in [0.5, 0.6) is 0 Å². The molecule has 0 spiro atoms. The third kappa shape index (κ3) is 2.99. The summed E-state index contributed by atoms with van der Waals surface area (Å²) in [5, 5.41) is 10.5. The molecule has 2 aromatic rings. The molecule has 0 amide bonds. The van der Waals surface area contributed by atoms with E-state index in [2.05, 4.69) is 0 Å². The minimum Gasteiger partial charge on any atom is -0.381 e. The Morgan fingerprint density at radius 1 is 1.14 bits per heavy atom. The maximum atomic E-state index is 14.7. The number of aliphatic hydroxyl groups is 1. The Kier molecular flexibility index (Phi) is 4.16. The van der Waals surface area contributed by atoms with Gasteiger partial charge >= 0.3 is 0 Å². The first-order valence-electron chi connectivity index (χ1n) is 6.52. The van der Waals surface area contributed by atoms with E-state index in [1.54, 1.807) is 42.5 Å². The Hall–Kier alpha value is -1.72. The van der Waals surface area contributed by atoms with Gasteiger partial charge in [-0.25, -0.2) is 13.4 Å². The van der Waals surface area contributed by atoms with E-state index in [4.69, 9.17) is 4.78 Å². The molecule has 0 radical (unpaired) electrons. The lowest BCUT2D eigenvalue weighted by Gasteiger charge is -2.29. The van der Waals surface area contributed by atoms with Gasteiger partial charge in [-0.05, 0) is 31.5 Å². The number of benzene rings is 2. The van der Waals surface area contributed by atoms with Crippen molar-refractivity contribution in [1.82, 2.24) is 0 Å². The van der Waals surface area contributed by atoms with Crippen molar-refractivity contribution in [3.05, 3.63) is 65.7 Å². The van der Waals surface area contributed by atoms with Crippen LogP contribution in [0.25, 0.3) is 0 Å². The lowest BCUT2D eigenvalue weighted by molar-refractivity contribution is 0.0115. The molecule has 0 saturated carbocycles. The molecule has 0 aromatic heterocycles. The number of hydrogen-bond donors (Lipinski definition) is 2. The van der Waals surface area contributed by atoms with Gasteiger partial charge < -0.3 is 5.11 Å². The van der Waals surface area contributed by atoms with Gasteiger partial charge in [0.2, 0.25) is 5.50 Å². The molecule has 0 saturated heterocycles. The van der Waals surface area contributed by atoms with Crippen LogP contribution in [-0.2, 0) is 15.3 Å². The summed E-state index contributed by atoms with van der Waals surface area (Å²) in [5.74, 6) is 0. The Bertz CT molecular complexity index is 710. The summed E-state index contributed by atoms with van der Waals surface area (Å²) in [5.41, 5.74) is -2.95. The summed E-state index contributed by atoms with van der Waals surface area (Å²) in [6.07, 6.45) is 0. The van der Waals surface area contributed by atoms with Gasteiger partial charge in [0, 0.05) is 0 Å². The number of halogens is 1. The first-order valence-corrected chi connectivity index (χ1v) is 8.14. The molecule has 2 aromatic carbocycles. The molecule has 0 heterocycles. The molecule has 1 unspecified atom stereocenters. The summed E-state index contributed by atoms with van der Waals surface area (Å²) in [6.45, 7) is 3.13. The monoisotopic (exact) mass is 307 g/mol. The highest BCUT2D eigenvalue weighted by Crippen LogP contribution is 2.33. The molecule has 0 aliphatic carbocycles. The van der Waals surface area contributed by atoms with E-state index in [9.17, 15) is 13.7 Å². The predicted molar refractivity (Wildman–Crippen MR) is 81.2 cm³/mol. The highest BCUT2D eigenvalue weighted by atomic mass is 32.2. The molecule has 2 rings (SSSR count). The molecule has 112 valence electrons. The Labute approximate surface area is 124 Å². The third-order valence-corrected chi connectivity index (χ3v) is 5.48. The van der Waals surface area contributed by atoms with Crippen molar-refractivity contribution < 1.29 is 13.7 Å². The second-order valence-electron chi connectivity index (χ2n) is 5.24. The SMILES string of the molecule is Cc1ccc([C@](C)(O)C(F)[S@](=N)(=O)c2ccccc2)cc1. The van der Waals surface area contributed by atoms with Gasteiger partial charge in [-0.3, -0.25) is 0 Å². The molecule has 0 aliphatic rings. The molecule has 2 N–H and O–H groups in total. The van der Waals surface area contributed by atoms with Gasteiger partial charge in [0.05, 0.1) is 4.90 Å². The van der Waals surface area contributed by atoms with Crippen molar-refractivity contribution in [3.8, 4) is 0 Å². The number of aryl methyl sites for hydroxylation is 1. The van der Waals surface area contributed by atoms with Crippen LogP contribution in [0.3, 0.4) is 0 Å². The fraction of sp³-hybridized carbons (Fsp3) is 0.250. The summed E-state index contributed by atoms with van der Waals surface area (Å²) in [7, 11) is -3.77. The lowest BCUT2D eigenvalue weighted by atomic mass is 9.96. The minimum atomic E-state index is -3.77. The topological polar surface area (TPSA) is 61.1 Å². The van der Waals surface area contributed by atoms with Crippen LogP contribution in [0, 0.1) is 11.7 Å². The zero-order valence-corrected chi connectivity index (χ0v) is 12.7. The normalized spacial score (nSPS) is 18.5. The number of nitrogens with one attached hydrogen (secondary N) is 1. The van der Waals surface area contributed by atoms with Crippen molar-refractivity contribution in [2.45, 2.75) is 29.8 Å². The maximum Gasteiger partial charge on any atom is 0.219 e. The van der Waals surface area contributed by atoms with Crippen LogP contribution in [-0.4, -0.2) is 14.8 Å². The molecule has 21 heavy (non-hydrogen) atoms. The molecule has 0 aliphatic heterocycles. The number of rotatable bonds is 4. The molecular formula is C16H18FNO2S. The average Bonchev–Trinajstić information content (AvgIpc) is 2.47. The fourth-order valence-corrected chi connectivity index (χ4v) is 3.67. The first-order chi connectivity index (χ1) is 9.76. The Morgan fingerprint density at radius 2 is 1.67 bits per heavy atom. The standard InChI is InChI=1S/C16H18FNO2S/c1-12-8-10-13(11-9-12)16(2,19)15(17)21(18,20)14-6-4-3-5-7-14/h3-11,15,18-19H,1-2H3/t15?,16-,21+/m0/s1. The van der Waals surface area contributed by atoms with Crippen molar-refractivity contribution in [2.24, 2.45) is 0 Å². The van der Waals surface area contributed by atoms with Gasteiger partial charge in [-0.2, -0.15) is 0 Å². The van der Waals surface area contributed by atoms with Crippen molar-refractivity contribution in [2.75, 3.05) is 0 Å². The van der Waals surface area contributed by atoms with Crippen LogP contribution in [0.4, 0.5) is 4.39 Å². The van der Waals surface area contributed by atoms with Gasteiger partial charge in [0.25, 0.3) is 0 Å². The Morgan fingerprint density at radius 3 is 2.19 bits per heavy atom. The molecule has 0 bridgehead atoms. The third-order valence-electron chi connectivity index (χ3n) is 3.46.